The fraction of sp³-hybridized carbons (Fsp3) is 0.368. The third-order valence-corrected chi connectivity index (χ3v) is 5.14. The molecule has 0 unspecified atom stereocenters. The smallest absolute Gasteiger partial charge is 0.151 e. The Hall–Kier alpha value is -2.80. The standard InChI is InChI=1S/C19H20N6O/c1-2-17-14(11-20-13-21-17)9-16(1)24-4-6-25(7-5-24)19-10-15-12-26-8-3-18(15)22-23-19/h1-2,9-11,13H,3-8,12H2. The molecule has 0 spiro atoms. The van der Waals surface area contributed by atoms with Crippen molar-refractivity contribution in [1.29, 1.82) is 0 Å². The minimum Gasteiger partial charge on any atom is -0.376 e. The number of benzene rings is 1. The average molecular weight is 348 g/mol. The van der Waals surface area contributed by atoms with E-state index in [1.165, 1.54) is 11.3 Å². The maximum absolute atomic E-state index is 5.54. The maximum atomic E-state index is 5.54. The first-order valence-corrected chi connectivity index (χ1v) is 9.00. The summed E-state index contributed by atoms with van der Waals surface area (Å²) < 4.78 is 5.54. The third kappa shape index (κ3) is 2.84. The molecule has 2 aliphatic rings. The summed E-state index contributed by atoms with van der Waals surface area (Å²) in [7, 11) is 0. The zero-order valence-corrected chi connectivity index (χ0v) is 14.5. The zero-order valence-electron chi connectivity index (χ0n) is 14.5. The maximum Gasteiger partial charge on any atom is 0.151 e. The number of hydrogen-bond donors (Lipinski definition) is 0. The van der Waals surface area contributed by atoms with Crippen LogP contribution in [0.15, 0.2) is 36.8 Å². The highest BCUT2D eigenvalue weighted by molar-refractivity contribution is 5.81. The van der Waals surface area contributed by atoms with Crippen LogP contribution < -0.4 is 9.80 Å². The van der Waals surface area contributed by atoms with Crippen LogP contribution in [0.5, 0.6) is 0 Å². The molecule has 0 atom stereocenters. The van der Waals surface area contributed by atoms with Crippen molar-refractivity contribution in [2.45, 2.75) is 13.0 Å². The van der Waals surface area contributed by atoms with E-state index in [2.05, 4.69) is 54.2 Å². The van der Waals surface area contributed by atoms with Crippen LogP contribution in [-0.4, -0.2) is 53.0 Å². The quantitative estimate of drug-likeness (QED) is 0.700. The Balaban J connectivity index is 1.31. The Morgan fingerprint density at radius 2 is 1.85 bits per heavy atom. The molecule has 0 saturated carbocycles. The van der Waals surface area contributed by atoms with Gasteiger partial charge < -0.3 is 14.5 Å². The van der Waals surface area contributed by atoms with Crippen LogP contribution in [-0.2, 0) is 17.8 Å². The molecule has 2 aliphatic heterocycles. The van der Waals surface area contributed by atoms with Gasteiger partial charge in [-0.2, -0.15) is 5.10 Å². The molecule has 4 heterocycles. The van der Waals surface area contributed by atoms with Gasteiger partial charge in [-0.1, -0.05) is 0 Å². The topological polar surface area (TPSA) is 67.3 Å². The van der Waals surface area contributed by atoms with E-state index >= 15 is 0 Å². The van der Waals surface area contributed by atoms with Gasteiger partial charge in [0.2, 0.25) is 0 Å². The molecule has 0 radical (unpaired) electrons. The van der Waals surface area contributed by atoms with Gasteiger partial charge in [-0.3, -0.25) is 0 Å². The predicted molar refractivity (Wildman–Crippen MR) is 99.4 cm³/mol. The van der Waals surface area contributed by atoms with Crippen molar-refractivity contribution < 1.29 is 4.74 Å². The average Bonchev–Trinajstić information content (AvgIpc) is 2.73. The van der Waals surface area contributed by atoms with E-state index in [-0.39, 0.29) is 0 Å². The lowest BCUT2D eigenvalue weighted by molar-refractivity contribution is 0.109. The lowest BCUT2D eigenvalue weighted by atomic mass is 10.1. The summed E-state index contributed by atoms with van der Waals surface area (Å²) in [5.41, 5.74) is 4.46. The Labute approximate surface area is 151 Å². The molecule has 3 aromatic rings. The van der Waals surface area contributed by atoms with Crippen LogP contribution in [0.25, 0.3) is 10.9 Å². The number of rotatable bonds is 2. The van der Waals surface area contributed by atoms with E-state index in [0.29, 0.717) is 6.61 Å². The summed E-state index contributed by atoms with van der Waals surface area (Å²) in [6.07, 6.45) is 4.32. The number of hydrogen-bond acceptors (Lipinski definition) is 7. The molecule has 7 nitrogen and oxygen atoms in total. The lowest BCUT2D eigenvalue weighted by Gasteiger charge is -2.36. The monoisotopic (exact) mass is 348 g/mol. The zero-order chi connectivity index (χ0) is 17.3. The Kier molecular flexibility index (Phi) is 3.86. The summed E-state index contributed by atoms with van der Waals surface area (Å²) in [6, 6.07) is 8.51. The number of nitrogens with zero attached hydrogens (tertiary/aromatic N) is 6. The molecule has 7 heteroatoms. The van der Waals surface area contributed by atoms with E-state index in [1.54, 1.807) is 6.33 Å². The normalized spacial score (nSPS) is 17.4. The number of piperazine rings is 1. The number of ether oxygens (including phenoxy) is 1. The summed E-state index contributed by atoms with van der Waals surface area (Å²) in [6.45, 7) is 5.16. The second kappa shape index (κ2) is 6.49. The summed E-state index contributed by atoms with van der Waals surface area (Å²) >= 11 is 0. The molecule has 1 aromatic carbocycles. The van der Waals surface area contributed by atoms with E-state index in [9.17, 15) is 0 Å². The van der Waals surface area contributed by atoms with Crippen molar-refractivity contribution in [1.82, 2.24) is 20.2 Å². The lowest BCUT2D eigenvalue weighted by Crippen LogP contribution is -2.47. The SMILES string of the molecule is c1ncc2cc(N3CCN(c4cc5c(nn4)CCOC5)CC3)ccc2n1. The highest BCUT2D eigenvalue weighted by atomic mass is 16.5. The van der Waals surface area contributed by atoms with Gasteiger partial charge in [-0.05, 0) is 24.3 Å². The van der Waals surface area contributed by atoms with Gasteiger partial charge in [0.15, 0.2) is 5.82 Å². The van der Waals surface area contributed by atoms with Gasteiger partial charge in [-0.15, -0.1) is 5.10 Å². The molecule has 0 aliphatic carbocycles. The number of aromatic nitrogens is 4. The van der Waals surface area contributed by atoms with Crippen LogP contribution in [0.4, 0.5) is 11.5 Å². The van der Waals surface area contributed by atoms with Gasteiger partial charge in [-0.25, -0.2) is 9.97 Å². The Morgan fingerprint density at radius 1 is 0.962 bits per heavy atom. The van der Waals surface area contributed by atoms with Crippen LogP contribution in [0.1, 0.15) is 11.3 Å². The minimum absolute atomic E-state index is 0.650. The summed E-state index contributed by atoms with van der Waals surface area (Å²) in [5, 5.41) is 9.92. The largest absolute Gasteiger partial charge is 0.376 e. The molecule has 0 bridgehead atoms. The highest BCUT2D eigenvalue weighted by Gasteiger charge is 2.21. The first-order chi connectivity index (χ1) is 12.9. The van der Waals surface area contributed by atoms with Crippen LogP contribution in [0, 0.1) is 0 Å². The highest BCUT2D eigenvalue weighted by Crippen LogP contribution is 2.24. The molecule has 2 aromatic heterocycles. The summed E-state index contributed by atoms with van der Waals surface area (Å²) in [5.74, 6) is 0.959. The fourth-order valence-corrected chi connectivity index (χ4v) is 3.65. The van der Waals surface area contributed by atoms with Crippen molar-refractivity contribution in [3.05, 3.63) is 48.0 Å². The third-order valence-electron chi connectivity index (χ3n) is 5.14. The van der Waals surface area contributed by atoms with Crippen molar-refractivity contribution in [2.24, 2.45) is 0 Å². The predicted octanol–water partition coefficient (Wildman–Crippen LogP) is 1.82. The van der Waals surface area contributed by atoms with E-state index in [4.69, 9.17) is 4.74 Å². The van der Waals surface area contributed by atoms with Gasteiger partial charge >= 0.3 is 0 Å². The Bertz CT molecular complexity index is 938. The van der Waals surface area contributed by atoms with Gasteiger partial charge in [0, 0.05) is 55.4 Å². The van der Waals surface area contributed by atoms with Gasteiger partial charge in [0.1, 0.15) is 6.33 Å². The van der Waals surface area contributed by atoms with E-state index in [0.717, 1.165) is 61.6 Å². The first-order valence-electron chi connectivity index (χ1n) is 9.00. The van der Waals surface area contributed by atoms with Crippen LogP contribution in [0.2, 0.25) is 0 Å². The molecular weight excluding hydrogens is 328 g/mol. The van der Waals surface area contributed by atoms with Crippen molar-refractivity contribution in [2.75, 3.05) is 42.6 Å². The molecule has 0 amide bonds. The molecule has 1 fully saturated rings. The molecular formula is C19H20N6O. The van der Waals surface area contributed by atoms with Crippen LogP contribution >= 0.6 is 0 Å². The van der Waals surface area contributed by atoms with Gasteiger partial charge in [0.25, 0.3) is 0 Å². The second-order valence-electron chi connectivity index (χ2n) is 6.72. The molecule has 0 N–H and O–H groups in total. The van der Waals surface area contributed by atoms with E-state index in [1.807, 2.05) is 6.20 Å². The molecule has 26 heavy (non-hydrogen) atoms. The molecule has 132 valence electrons. The first kappa shape index (κ1) is 15.5. The number of anilines is 2. The second-order valence-corrected chi connectivity index (χ2v) is 6.72. The Morgan fingerprint density at radius 3 is 2.77 bits per heavy atom. The fourth-order valence-electron chi connectivity index (χ4n) is 3.65. The van der Waals surface area contributed by atoms with Crippen LogP contribution in [0.3, 0.4) is 0 Å². The molecule has 5 rings (SSSR count). The van der Waals surface area contributed by atoms with Gasteiger partial charge in [0.05, 0.1) is 24.4 Å². The van der Waals surface area contributed by atoms with Crippen molar-refractivity contribution in [3.8, 4) is 0 Å². The number of fused-ring (bicyclic) bond motifs is 2. The van der Waals surface area contributed by atoms with Crippen molar-refractivity contribution >= 4 is 22.4 Å². The van der Waals surface area contributed by atoms with E-state index < -0.39 is 0 Å². The summed E-state index contributed by atoms with van der Waals surface area (Å²) in [4.78, 5) is 13.1. The molecule has 1 saturated heterocycles. The van der Waals surface area contributed by atoms with Crippen molar-refractivity contribution in [3.63, 3.8) is 0 Å². The minimum atomic E-state index is 0.650.